The van der Waals surface area contributed by atoms with E-state index >= 15 is 0 Å². The Morgan fingerprint density at radius 1 is 1.30 bits per heavy atom. The first kappa shape index (κ1) is 14.7. The van der Waals surface area contributed by atoms with Crippen LogP contribution in [0.1, 0.15) is 25.0 Å². The molecule has 0 aliphatic carbocycles. The van der Waals surface area contributed by atoms with Crippen molar-refractivity contribution in [2.75, 3.05) is 38.1 Å². The van der Waals surface area contributed by atoms with E-state index in [0.29, 0.717) is 11.3 Å². The van der Waals surface area contributed by atoms with Crippen molar-refractivity contribution in [2.24, 2.45) is 0 Å². The fourth-order valence-electron chi connectivity index (χ4n) is 2.50. The van der Waals surface area contributed by atoms with Gasteiger partial charge in [-0.1, -0.05) is 6.07 Å². The molecule has 20 heavy (non-hydrogen) atoms. The monoisotopic (exact) mass is 279 g/mol. The molecule has 110 valence electrons. The van der Waals surface area contributed by atoms with E-state index in [1.54, 1.807) is 19.1 Å². The minimum absolute atomic E-state index is 0.0768. The third-order valence-electron chi connectivity index (χ3n) is 3.74. The molecule has 0 saturated carbocycles. The summed E-state index contributed by atoms with van der Waals surface area (Å²) < 4.78 is 0. The summed E-state index contributed by atoms with van der Waals surface area (Å²) in [6.07, 6.45) is 0.296. The number of nitro benzene ring substituents is 1. The average Bonchev–Trinajstić information content (AvgIpc) is 2.62. The van der Waals surface area contributed by atoms with Crippen molar-refractivity contribution in [1.29, 1.82) is 0 Å². The summed E-state index contributed by atoms with van der Waals surface area (Å²) in [6, 6.07) is 5.00. The van der Waals surface area contributed by atoms with Crippen LogP contribution in [0.4, 0.5) is 11.4 Å². The van der Waals surface area contributed by atoms with Crippen LogP contribution in [-0.2, 0) is 0 Å². The Hall–Kier alpha value is -1.66. The third-order valence-corrected chi connectivity index (χ3v) is 3.74. The standard InChI is InChI=1S/C14H21N3O3/c1-11(18)12-4-5-13(14(10-12)17(19)20)16-7-3-6-15(2)8-9-16/h4-5,10-11,18H,3,6-9H2,1-2H3. The topological polar surface area (TPSA) is 69.8 Å². The van der Waals surface area contributed by atoms with Gasteiger partial charge in [0.1, 0.15) is 5.69 Å². The number of nitro groups is 1. The molecule has 6 nitrogen and oxygen atoms in total. The number of hydrogen-bond donors (Lipinski definition) is 1. The van der Waals surface area contributed by atoms with Gasteiger partial charge < -0.3 is 14.9 Å². The van der Waals surface area contributed by atoms with E-state index in [9.17, 15) is 15.2 Å². The second kappa shape index (κ2) is 6.19. The average molecular weight is 279 g/mol. The van der Waals surface area contributed by atoms with Crippen LogP contribution < -0.4 is 4.90 Å². The van der Waals surface area contributed by atoms with Crippen molar-refractivity contribution in [3.8, 4) is 0 Å². The first-order valence-electron chi connectivity index (χ1n) is 6.89. The van der Waals surface area contributed by atoms with Crippen molar-refractivity contribution in [2.45, 2.75) is 19.4 Å². The molecule has 0 aromatic heterocycles. The lowest BCUT2D eigenvalue weighted by Crippen LogP contribution is -2.29. The van der Waals surface area contributed by atoms with Gasteiger partial charge in [0.15, 0.2) is 0 Å². The summed E-state index contributed by atoms with van der Waals surface area (Å²) in [5.74, 6) is 0. The minimum Gasteiger partial charge on any atom is -0.389 e. The fraction of sp³-hybridized carbons (Fsp3) is 0.571. The fourth-order valence-corrected chi connectivity index (χ4v) is 2.50. The Balaban J connectivity index is 2.32. The van der Waals surface area contributed by atoms with Crippen LogP contribution in [-0.4, -0.2) is 48.2 Å². The Kier molecular flexibility index (Phi) is 4.57. The number of benzene rings is 1. The lowest BCUT2D eigenvalue weighted by molar-refractivity contribution is -0.384. The summed E-state index contributed by atoms with van der Waals surface area (Å²) >= 11 is 0. The van der Waals surface area contributed by atoms with Gasteiger partial charge in [-0.2, -0.15) is 0 Å². The molecule has 0 spiro atoms. The SMILES string of the molecule is CC(O)c1ccc(N2CCCN(C)CC2)c([N+](=O)[O-])c1. The van der Waals surface area contributed by atoms with Crippen LogP contribution in [0.2, 0.25) is 0 Å². The summed E-state index contributed by atoms with van der Waals surface area (Å²) in [5.41, 5.74) is 1.30. The van der Waals surface area contributed by atoms with E-state index in [4.69, 9.17) is 0 Å². The van der Waals surface area contributed by atoms with Crippen LogP contribution >= 0.6 is 0 Å². The van der Waals surface area contributed by atoms with E-state index < -0.39 is 6.10 Å². The van der Waals surface area contributed by atoms with Gasteiger partial charge in [0.2, 0.25) is 0 Å². The molecule has 1 aliphatic rings. The van der Waals surface area contributed by atoms with E-state index in [2.05, 4.69) is 16.8 Å². The number of hydrogen-bond acceptors (Lipinski definition) is 5. The molecule has 1 saturated heterocycles. The van der Waals surface area contributed by atoms with Gasteiger partial charge in [-0.25, -0.2) is 0 Å². The number of nitrogens with zero attached hydrogens (tertiary/aromatic N) is 3. The van der Waals surface area contributed by atoms with Gasteiger partial charge in [-0.3, -0.25) is 10.1 Å². The largest absolute Gasteiger partial charge is 0.389 e. The highest BCUT2D eigenvalue weighted by Gasteiger charge is 2.22. The number of anilines is 1. The van der Waals surface area contributed by atoms with E-state index in [1.165, 1.54) is 6.07 Å². The molecule has 1 heterocycles. The van der Waals surface area contributed by atoms with Crippen molar-refractivity contribution in [3.63, 3.8) is 0 Å². The van der Waals surface area contributed by atoms with Gasteiger partial charge in [0.05, 0.1) is 11.0 Å². The molecule has 1 aromatic rings. The Morgan fingerprint density at radius 2 is 2.05 bits per heavy atom. The van der Waals surface area contributed by atoms with Crippen molar-refractivity contribution >= 4 is 11.4 Å². The Bertz CT molecular complexity index is 491. The van der Waals surface area contributed by atoms with E-state index in [-0.39, 0.29) is 10.6 Å². The summed E-state index contributed by atoms with van der Waals surface area (Å²) in [5, 5.41) is 20.8. The normalized spacial score (nSPS) is 18.6. The van der Waals surface area contributed by atoms with Gasteiger partial charge in [0.25, 0.3) is 5.69 Å². The summed E-state index contributed by atoms with van der Waals surface area (Å²) in [4.78, 5) is 15.2. The predicted octanol–water partition coefficient (Wildman–Crippen LogP) is 1.79. The van der Waals surface area contributed by atoms with Crippen LogP contribution in [0, 0.1) is 10.1 Å². The molecule has 1 atom stereocenters. The molecule has 1 aromatic carbocycles. The van der Waals surface area contributed by atoms with Crippen molar-refractivity contribution in [3.05, 3.63) is 33.9 Å². The number of likely N-dealkylation sites (N-methyl/N-ethyl adjacent to an activating group) is 1. The van der Waals surface area contributed by atoms with Crippen LogP contribution in [0.25, 0.3) is 0 Å². The molecular weight excluding hydrogens is 258 g/mol. The predicted molar refractivity (Wildman–Crippen MR) is 78.1 cm³/mol. The molecule has 1 fully saturated rings. The Morgan fingerprint density at radius 3 is 2.70 bits per heavy atom. The summed E-state index contributed by atoms with van der Waals surface area (Å²) in [6.45, 7) is 5.12. The van der Waals surface area contributed by atoms with Crippen LogP contribution in [0.3, 0.4) is 0 Å². The molecule has 2 rings (SSSR count). The van der Waals surface area contributed by atoms with Crippen LogP contribution in [0.15, 0.2) is 18.2 Å². The highest BCUT2D eigenvalue weighted by atomic mass is 16.6. The molecule has 1 aliphatic heterocycles. The summed E-state index contributed by atoms with van der Waals surface area (Å²) in [7, 11) is 2.06. The maximum absolute atomic E-state index is 11.3. The smallest absolute Gasteiger partial charge is 0.292 e. The molecule has 1 unspecified atom stereocenters. The van der Waals surface area contributed by atoms with Crippen LogP contribution in [0.5, 0.6) is 0 Å². The molecule has 0 bridgehead atoms. The van der Waals surface area contributed by atoms with Gasteiger partial charge in [0, 0.05) is 25.7 Å². The van der Waals surface area contributed by atoms with Gasteiger partial charge in [-0.05, 0) is 38.6 Å². The lowest BCUT2D eigenvalue weighted by atomic mass is 10.1. The second-order valence-electron chi connectivity index (χ2n) is 5.33. The molecular formula is C14H21N3O3. The zero-order valence-electron chi connectivity index (χ0n) is 12.0. The molecule has 0 amide bonds. The first-order valence-corrected chi connectivity index (χ1v) is 6.89. The lowest BCUT2D eigenvalue weighted by Gasteiger charge is -2.23. The maximum Gasteiger partial charge on any atom is 0.292 e. The van der Waals surface area contributed by atoms with Gasteiger partial charge >= 0.3 is 0 Å². The molecule has 6 heteroatoms. The first-order chi connectivity index (χ1) is 9.49. The Labute approximate surface area is 118 Å². The maximum atomic E-state index is 11.3. The highest BCUT2D eigenvalue weighted by molar-refractivity contribution is 5.64. The number of aliphatic hydroxyl groups excluding tert-OH is 1. The zero-order chi connectivity index (χ0) is 14.7. The van der Waals surface area contributed by atoms with Crippen molar-refractivity contribution in [1.82, 2.24) is 4.90 Å². The second-order valence-corrected chi connectivity index (χ2v) is 5.33. The zero-order valence-corrected chi connectivity index (χ0v) is 12.0. The molecule has 1 N–H and O–H groups in total. The minimum atomic E-state index is -0.696. The van der Waals surface area contributed by atoms with E-state index in [1.807, 2.05) is 0 Å². The number of aliphatic hydroxyl groups is 1. The quantitative estimate of drug-likeness (QED) is 0.674. The highest BCUT2D eigenvalue weighted by Crippen LogP contribution is 2.31. The third kappa shape index (κ3) is 3.26. The van der Waals surface area contributed by atoms with Gasteiger partial charge in [-0.15, -0.1) is 0 Å². The number of rotatable bonds is 3. The van der Waals surface area contributed by atoms with Crippen molar-refractivity contribution < 1.29 is 10.0 Å². The van der Waals surface area contributed by atoms with E-state index in [0.717, 1.165) is 32.6 Å². The molecule has 0 radical (unpaired) electrons.